The summed E-state index contributed by atoms with van der Waals surface area (Å²) in [6.45, 7) is 4.24. The van der Waals surface area contributed by atoms with Gasteiger partial charge >= 0.3 is 0 Å². The van der Waals surface area contributed by atoms with E-state index in [0.29, 0.717) is 18.3 Å². The van der Waals surface area contributed by atoms with Gasteiger partial charge in [-0.1, -0.05) is 30.3 Å². The summed E-state index contributed by atoms with van der Waals surface area (Å²) in [5.41, 5.74) is 1.14. The first-order chi connectivity index (χ1) is 13.2. The van der Waals surface area contributed by atoms with Gasteiger partial charge in [0.05, 0.1) is 11.7 Å². The molecule has 1 aromatic rings. The molecule has 1 atom stereocenters. The zero-order valence-corrected chi connectivity index (χ0v) is 17.0. The van der Waals surface area contributed by atoms with Crippen LogP contribution in [0.15, 0.2) is 30.3 Å². The largest absolute Gasteiger partial charge is 0.352 e. The second-order valence-corrected chi connectivity index (χ2v) is 8.45. The predicted octanol–water partition coefficient (Wildman–Crippen LogP) is 2.37. The fourth-order valence-electron chi connectivity index (χ4n) is 4.18. The Morgan fingerprint density at radius 1 is 1.11 bits per heavy atom. The molecular weight excluding hydrogens is 358 g/mol. The van der Waals surface area contributed by atoms with Crippen molar-refractivity contribution in [2.24, 2.45) is 5.92 Å². The Balaban J connectivity index is 1.45. The number of carbonyl (C=O) groups is 2. The van der Waals surface area contributed by atoms with Crippen molar-refractivity contribution in [2.75, 3.05) is 38.2 Å². The van der Waals surface area contributed by atoms with Gasteiger partial charge in [0.15, 0.2) is 0 Å². The molecule has 5 nitrogen and oxygen atoms in total. The van der Waals surface area contributed by atoms with Crippen LogP contribution in [0.1, 0.15) is 31.2 Å². The van der Waals surface area contributed by atoms with Crippen LogP contribution in [-0.2, 0) is 16.1 Å². The van der Waals surface area contributed by atoms with Crippen LogP contribution in [-0.4, -0.2) is 65.8 Å². The van der Waals surface area contributed by atoms with E-state index < -0.39 is 0 Å². The van der Waals surface area contributed by atoms with Crippen LogP contribution in [0.4, 0.5) is 0 Å². The second-order valence-electron chi connectivity index (χ2n) is 7.58. The molecule has 2 saturated heterocycles. The summed E-state index contributed by atoms with van der Waals surface area (Å²) >= 11 is 1.59. The number of hydrogen-bond acceptors (Lipinski definition) is 4. The molecule has 148 valence electrons. The van der Waals surface area contributed by atoms with Gasteiger partial charge in [0.2, 0.25) is 11.8 Å². The van der Waals surface area contributed by atoms with E-state index in [1.165, 1.54) is 0 Å². The van der Waals surface area contributed by atoms with Crippen molar-refractivity contribution >= 4 is 23.6 Å². The number of amides is 2. The van der Waals surface area contributed by atoms with Crippen molar-refractivity contribution in [1.29, 1.82) is 0 Å². The predicted molar refractivity (Wildman–Crippen MR) is 111 cm³/mol. The fourth-order valence-corrected chi connectivity index (χ4v) is 4.61. The number of likely N-dealkylation sites (tertiary alicyclic amines) is 2. The third-order valence-corrected chi connectivity index (χ3v) is 6.27. The Hall–Kier alpha value is -1.53. The first-order valence-electron chi connectivity index (χ1n) is 9.99. The zero-order valence-electron chi connectivity index (χ0n) is 16.2. The monoisotopic (exact) mass is 389 g/mol. The summed E-state index contributed by atoms with van der Waals surface area (Å²) in [4.78, 5) is 29.2. The molecule has 0 bridgehead atoms. The zero-order chi connectivity index (χ0) is 19.1. The van der Waals surface area contributed by atoms with Crippen molar-refractivity contribution in [1.82, 2.24) is 15.1 Å². The van der Waals surface area contributed by atoms with Crippen molar-refractivity contribution in [3.05, 3.63) is 35.9 Å². The summed E-state index contributed by atoms with van der Waals surface area (Å²) < 4.78 is 0. The van der Waals surface area contributed by atoms with E-state index in [0.717, 1.165) is 57.4 Å². The fraction of sp³-hybridized carbons (Fsp3) is 0.619. The number of rotatable bonds is 6. The van der Waals surface area contributed by atoms with E-state index in [-0.39, 0.29) is 17.7 Å². The van der Waals surface area contributed by atoms with Gasteiger partial charge < -0.3 is 10.2 Å². The van der Waals surface area contributed by atoms with Crippen LogP contribution >= 0.6 is 11.8 Å². The van der Waals surface area contributed by atoms with Gasteiger partial charge in [0, 0.05) is 32.2 Å². The Kier molecular flexibility index (Phi) is 7.59. The van der Waals surface area contributed by atoms with Crippen LogP contribution in [0, 0.1) is 5.92 Å². The Bertz CT molecular complexity index is 617. The third-order valence-electron chi connectivity index (χ3n) is 5.73. The molecule has 1 aromatic carbocycles. The molecule has 0 radical (unpaired) electrons. The van der Waals surface area contributed by atoms with Gasteiger partial charge in [-0.05, 0) is 44.0 Å². The van der Waals surface area contributed by atoms with E-state index >= 15 is 0 Å². The summed E-state index contributed by atoms with van der Waals surface area (Å²) in [7, 11) is 0. The number of piperidine rings is 2. The minimum Gasteiger partial charge on any atom is -0.352 e. The highest BCUT2D eigenvalue weighted by molar-refractivity contribution is 7.99. The number of thioether (sulfide) groups is 1. The summed E-state index contributed by atoms with van der Waals surface area (Å²) in [6.07, 6.45) is 6.08. The molecule has 2 amide bonds. The van der Waals surface area contributed by atoms with E-state index in [9.17, 15) is 9.59 Å². The number of hydrogen-bond donors (Lipinski definition) is 1. The standard InChI is InChI=1S/C21H31N3O2S/c1-27-16-20(25)23-12-9-19(10-13-23)24-11-5-8-18(15-24)21(26)22-14-17-6-3-2-4-7-17/h2-4,6-7,18-19H,5,8-16H2,1H3,(H,22,26)/t18-/m1/s1. The van der Waals surface area contributed by atoms with Crippen LogP contribution < -0.4 is 5.32 Å². The van der Waals surface area contributed by atoms with Crippen molar-refractivity contribution in [3.63, 3.8) is 0 Å². The maximum absolute atomic E-state index is 12.6. The van der Waals surface area contributed by atoms with Crippen LogP contribution in [0.2, 0.25) is 0 Å². The molecule has 0 aliphatic carbocycles. The summed E-state index contributed by atoms with van der Waals surface area (Å²) in [5, 5.41) is 3.11. The minimum absolute atomic E-state index is 0.0821. The molecule has 2 aliphatic rings. The van der Waals surface area contributed by atoms with Crippen LogP contribution in [0.5, 0.6) is 0 Å². The smallest absolute Gasteiger partial charge is 0.232 e. The van der Waals surface area contributed by atoms with Gasteiger partial charge in [0.1, 0.15) is 0 Å². The van der Waals surface area contributed by atoms with Crippen molar-refractivity contribution < 1.29 is 9.59 Å². The highest BCUT2D eigenvalue weighted by Crippen LogP contribution is 2.24. The van der Waals surface area contributed by atoms with E-state index in [1.807, 2.05) is 41.5 Å². The molecule has 27 heavy (non-hydrogen) atoms. The molecule has 0 aromatic heterocycles. The third kappa shape index (κ3) is 5.72. The number of nitrogens with zero attached hydrogens (tertiary/aromatic N) is 2. The van der Waals surface area contributed by atoms with E-state index in [2.05, 4.69) is 10.2 Å². The maximum Gasteiger partial charge on any atom is 0.232 e. The average molecular weight is 390 g/mol. The molecule has 2 heterocycles. The molecule has 0 unspecified atom stereocenters. The number of nitrogens with one attached hydrogen (secondary N) is 1. The van der Waals surface area contributed by atoms with Gasteiger partial charge in [-0.3, -0.25) is 14.5 Å². The Morgan fingerprint density at radius 3 is 2.56 bits per heavy atom. The minimum atomic E-state index is 0.0821. The lowest BCUT2D eigenvalue weighted by Crippen LogP contribution is -2.51. The highest BCUT2D eigenvalue weighted by Gasteiger charge is 2.32. The van der Waals surface area contributed by atoms with E-state index in [1.54, 1.807) is 11.8 Å². The van der Waals surface area contributed by atoms with Gasteiger partial charge in [-0.25, -0.2) is 0 Å². The first kappa shape index (κ1) is 20.2. The molecule has 6 heteroatoms. The van der Waals surface area contributed by atoms with Crippen molar-refractivity contribution in [2.45, 2.75) is 38.3 Å². The second kappa shape index (κ2) is 10.1. The average Bonchev–Trinajstić information content (AvgIpc) is 2.73. The topological polar surface area (TPSA) is 52.7 Å². The number of carbonyl (C=O) groups excluding carboxylic acids is 2. The normalized spacial score (nSPS) is 21.8. The summed E-state index contributed by atoms with van der Waals surface area (Å²) in [6, 6.07) is 10.6. The molecular formula is C21H31N3O2S. The van der Waals surface area contributed by atoms with Crippen LogP contribution in [0.3, 0.4) is 0 Å². The highest BCUT2D eigenvalue weighted by atomic mass is 32.2. The van der Waals surface area contributed by atoms with E-state index in [4.69, 9.17) is 0 Å². The maximum atomic E-state index is 12.6. The molecule has 0 saturated carbocycles. The quantitative estimate of drug-likeness (QED) is 0.812. The first-order valence-corrected chi connectivity index (χ1v) is 11.4. The lowest BCUT2D eigenvalue weighted by atomic mass is 9.93. The molecule has 0 spiro atoms. The molecule has 1 N–H and O–H groups in total. The Labute approximate surface area is 166 Å². The molecule has 3 rings (SSSR count). The lowest BCUT2D eigenvalue weighted by molar-refractivity contribution is -0.130. The lowest BCUT2D eigenvalue weighted by Gasteiger charge is -2.42. The molecule has 2 fully saturated rings. The van der Waals surface area contributed by atoms with Gasteiger partial charge in [-0.2, -0.15) is 11.8 Å². The SMILES string of the molecule is CSCC(=O)N1CCC(N2CCC[C@@H](C(=O)NCc3ccccc3)C2)CC1. The molecule has 2 aliphatic heterocycles. The van der Waals surface area contributed by atoms with Crippen LogP contribution in [0.25, 0.3) is 0 Å². The van der Waals surface area contributed by atoms with Gasteiger partial charge in [-0.15, -0.1) is 0 Å². The summed E-state index contributed by atoms with van der Waals surface area (Å²) in [5.74, 6) is 1.10. The van der Waals surface area contributed by atoms with Gasteiger partial charge in [0.25, 0.3) is 0 Å². The Morgan fingerprint density at radius 2 is 1.85 bits per heavy atom. The van der Waals surface area contributed by atoms with Crippen molar-refractivity contribution in [3.8, 4) is 0 Å². The number of benzene rings is 1.